The second kappa shape index (κ2) is 10.8. The third-order valence-corrected chi connectivity index (χ3v) is 7.15. The Balaban J connectivity index is 1.75. The van der Waals surface area contributed by atoms with Crippen LogP contribution in [0.25, 0.3) is 0 Å². The molecule has 1 saturated heterocycles. The number of nitrogens with one attached hydrogen (secondary N) is 1. The molecule has 9 heteroatoms. The van der Waals surface area contributed by atoms with Crippen molar-refractivity contribution in [2.75, 3.05) is 24.7 Å². The van der Waals surface area contributed by atoms with E-state index in [2.05, 4.69) is 5.32 Å². The maximum absolute atomic E-state index is 12.7. The van der Waals surface area contributed by atoms with E-state index in [1.165, 1.54) is 6.92 Å². The van der Waals surface area contributed by atoms with E-state index in [-0.39, 0.29) is 48.4 Å². The molecule has 1 N–H and O–H groups in total. The zero-order valence-electron chi connectivity index (χ0n) is 16.7. The second-order valence-electron chi connectivity index (χ2n) is 7.75. The van der Waals surface area contributed by atoms with Crippen LogP contribution in [0.1, 0.15) is 64.7 Å². The van der Waals surface area contributed by atoms with E-state index in [1.54, 1.807) is 4.90 Å². The molecular weight excluding hydrogens is 384 g/mol. The summed E-state index contributed by atoms with van der Waals surface area (Å²) in [6.45, 7) is 1.73. The minimum absolute atomic E-state index is 0.0114. The van der Waals surface area contributed by atoms with Crippen LogP contribution >= 0.6 is 0 Å². The molecule has 1 unspecified atom stereocenters. The number of carbonyl (C=O) groups is 3. The van der Waals surface area contributed by atoms with E-state index in [4.69, 9.17) is 4.74 Å². The van der Waals surface area contributed by atoms with Gasteiger partial charge in [-0.25, -0.2) is 8.42 Å². The number of hydrogen-bond acceptors (Lipinski definition) is 6. The average molecular weight is 417 g/mol. The van der Waals surface area contributed by atoms with Gasteiger partial charge >= 0.3 is 5.97 Å². The number of sulfone groups is 1. The van der Waals surface area contributed by atoms with Crippen molar-refractivity contribution in [3.63, 3.8) is 0 Å². The highest BCUT2D eigenvalue weighted by atomic mass is 32.2. The molecule has 2 fully saturated rings. The van der Waals surface area contributed by atoms with Crippen molar-refractivity contribution < 1.29 is 27.5 Å². The lowest BCUT2D eigenvalue weighted by Crippen LogP contribution is -2.48. The fourth-order valence-electron chi connectivity index (χ4n) is 4.01. The number of esters is 1. The zero-order chi connectivity index (χ0) is 20.6. The van der Waals surface area contributed by atoms with Gasteiger partial charge < -0.3 is 15.0 Å². The highest BCUT2D eigenvalue weighted by Gasteiger charge is 2.39. The van der Waals surface area contributed by atoms with Crippen LogP contribution in [0.3, 0.4) is 0 Å². The first-order chi connectivity index (χ1) is 13.3. The number of unbranched alkanes of at least 4 members (excludes halogenated alkanes) is 2. The number of nitrogens with zero attached hydrogens (tertiary/aromatic N) is 1. The average Bonchev–Trinajstić information content (AvgIpc) is 3.26. The van der Waals surface area contributed by atoms with Gasteiger partial charge in [-0.05, 0) is 32.1 Å². The molecule has 0 aromatic heterocycles. The van der Waals surface area contributed by atoms with Crippen LogP contribution in [0, 0.1) is 0 Å². The van der Waals surface area contributed by atoms with Gasteiger partial charge in [0.25, 0.3) is 5.91 Å². The summed E-state index contributed by atoms with van der Waals surface area (Å²) >= 11 is 0. The minimum Gasteiger partial charge on any atom is -0.456 e. The lowest BCUT2D eigenvalue weighted by atomic mass is 10.1. The number of carbonyl (C=O) groups excluding carboxylic acids is 3. The molecule has 0 aromatic carbocycles. The van der Waals surface area contributed by atoms with E-state index >= 15 is 0 Å². The molecule has 1 aliphatic heterocycles. The number of rotatable bonds is 10. The summed E-state index contributed by atoms with van der Waals surface area (Å²) in [5.41, 5.74) is 0. The lowest BCUT2D eigenvalue weighted by molar-refractivity contribution is -0.154. The normalized spacial score (nSPS) is 21.4. The summed E-state index contributed by atoms with van der Waals surface area (Å²) in [6, 6.07) is -0.244. The van der Waals surface area contributed by atoms with Gasteiger partial charge in [0, 0.05) is 32.0 Å². The summed E-state index contributed by atoms with van der Waals surface area (Å²) in [7, 11) is -3.09. The number of amides is 2. The smallest absolute Gasteiger partial charge is 0.306 e. The summed E-state index contributed by atoms with van der Waals surface area (Å²) in [5, 5.41) is 2.70. The third-order valence-electron chi connectivity index (χ3n) is 5.40. The Morgan fingerprint density at radius 2 is 1.75 bits per heavy atom. The SMILES string of the molecule is CC(=O)NCCCCCC(=O)OCC(=O)N(C1CCCC1)C1CCS(=O)(=O)C1. The van der Waals surface area contributed by atoms with E-state index < -0.39 is 15.8 Å². The maximum Gasteiger partial charge on any atom is 0.306 e. The van der Waals surface area contributed by atoms with E-state index in [0.717, 1.165) is 38.5 Å². The molecule has 28 heavy (non-hydrogen) atoms. The van der Waals surface area contributed by atoms with Gasteiger partial charge in [0.15, 0.2) is 16.4 Å². The van der Waals surface area contributed by atoms with Crippen LogP contribution < -0.4 is 5.32 Å². The fraction of sp³-hybridized carbons (Fsp3) is 0.842. The fourth-order valence-corrected chi connectivity index (χ4v) is 5.72. The molecule has 1 aliphatic carbocycles. The Kier molecular flexibility index (Phi) is 8.72. The first kappa shape index (κ1) is 22.6. The molecule has 1 heterocycles. The van der Waals surface area contributed by atoms with Gasteiger partial charge in [0.2, 0.25) is 5.91 Å². The van der Waals surface area contributed by atoms with Crippen molar-refractivity contribution in [1.82, 2.24) is 10.2 Å². The number of ether oxygens (including phenoxy) is 1. The van der Waals surface area contributed by atoms with Crippen LogP contribution in [-0.4, -0.2) is 67.8 Å². The van der Waals surface area contributed by atoms with Crippen LogP contribution in [0.15, 0.2) is 0 Å². The van der Waals surface area contributed by atoms with Crippen molar-refractivity contribution in [2.45, 2.75) is 76.8 Å². The van der Waals surface area contributed by atoms with Gasteiger partial charge in [0.05, 0.1) is 11.5 Å². The number of hydrogen-bond donors (Lipinski definition) is 1. The summed E-state index contributed by atoms with van der Waals surface area (Å²) in [5.74, 6) is -0.643. The molecule has 1 saturated carbocycles. The summed E-state index contributed by atoms with van der Waals surface area (Å²) in [6.07, 6.45) is 6.74. The quantitative estimate of drug-likeness (QED) is 0.423. The zero-order valence-corrected chi connectivity index (χ0v) is 17.5. The Labute approximate surface area is 167 Å². The molecule has 160 valence electrons. The molecule has 8 nitrogen and oxygen atoms in total. The Hall–Kier alpha value is -1.64. The summed E-state index contributed by atoms with van der Waals surface area (Å²) < 4.78 is 28.8. The predicted octanol–water partition coefficient (Wildman–Crippen LogP) is 1.18. The van der Waals surface area contributed by atoms with Gasteiger partial charge in [-0.15, -0.1) is 0 Å². The predicted molar refractivity (Wildman–Crippen MR) is 104 cm³/mol. The molecule has 2 rings (SSSR count). The van der Waals surface area contributed by atoms with E-state index in [1.807, 2.05) is 0 Å². The maximum atomic E-state index is 12.7. The molecule has 2 aliphatic rings. The van der Waals surface area contributed by atoms with E-state index in [0.29, 0.717) is 19.4 Å². The van der Waals surface area contributed by atoms with Crippen molar-refractivity contribution in [3.05, 3.63) is 0 Å². The standard InChI is InChI=1S/C19H32N2O6S/c1-15(22)20-11-6-2-3-9-19(24)27-13-18(23)21(16-7-4-5-8-16)17-10-12-28(25,26)14-17/h16-17H,2-14H2,1H3,(H,20,22). The topological polar surface area (TPSA) is 110 Å². The van der Waals surface area contributed by atoms with Gasteiger partial charge in [-0.2, -0.15) is 0 Å². The van der Waals surface area contributed by atoms with Gasteiger partial charge in [0.1, 0.15) is 0 Å². The lowest BCUT2D eigenvalue weighted by Gasteiger charge is -2.33. The first-order valence-electron chi connectivity index (χ1n) is 10.2. The molecular formula is C19H32N2O6S. The molecule has 0 spiro atoms. The van der Waals surface area contributed by atoms with Crippen molar-refractivity contribution in [3.8, 4) is 0 Å². The molecule has 0 aromatic rings. The molecule has 0 radical (unpaired) electrons. The monoisotopic (exact) mass is 416 g/mol. The van der Waals surface area contributed by atoms with Crippen molar-refractivity contribution >= 4 is 27.6 Å². The third kappa shape index (κ3) is 7.41. The minimum atomic E-state index is -3.09. The Morgan fingerprint density at radius 1 is 1.04 bits per heavy atom. The van der Waals surface area contributed by atoms with E-state index in [9.17, 15) is 22.8 Å². The van der Waals surface area contributed by atoms with Crippen LogP contribution in [-0.2, 0) is 29.0 Å². The Morgan fingerprint density at radius 3 is 2.36 bits per heavy atom. The van der Waals surface area contributed by atoms with Crippen LogP contribution in [0.4, 0.5) is 0 Å². The Bertz CT molecular complexity index is 657. The highest BCUT2D eigenvalue weighted by Crippen LogP contribution is 2.29. The second-order valence-corrected chi connectivity index (χ2v) is 9.98. The van der Waals surface area contributed by atoms with Gasteiger partial charge in [-0.3, -0.25) is 14.4 Å². The molecule has 2 amide bonds. The molecule has 0 bridgehead atoms. The molecule has 1 atom stereocenters. The first-order valence-corrected chi connectivity index (χ1v) is 12.0. The van der Waals surface area contributed by atoms with Crippen molar-refractivity contribution in [2.24, 2.45) is 0 Å². The van der Waals surface area contributed by atoms with Crippen molar-refractivity contribution in [1.29, 1.82) is 0 Å². The highest BCUT2D eigenvalue weighted by molar-refractivity contribution is 7.91. The summed E-state index contributed by atoms with van der Waals surface area (Å²) in [4.78, 5) is 37.1. The van der Waals surface area contributed by atoms with Crippen LogP contribution in [0.5, 0.6) is 0 Å². The largest absolute Gasteiger partial charge is 0.456 e. The van der Waals surface area contributed by atoms with Crippen LogP contribution in [0.2, 0.25) is 0 Å². The van der Waals surface area contributed by atoms with Gasteiger partial charge in [-0.1, -0.05) is 19.3 Å².